The number of likely N-dealkylation sites (tertiary alicyclic amines) is 1. The molecule has 108 valence electrons. The van der Waals surface area contributed by atoms with E-state index in [2.05, 4.69) is 17.5 Å². The number of nitrogens with one attached hydrogen (secondary N) is 1. The van der Waals surface area contributed by atoms with Crippen LogP contribution < -0.4 is 5.32 Å². The van der Waals surface area contributed by atoms with Crippen LogP contribution in [0.5, 0.6) is 0 Å². The highest BCUT2D eigenvalue weighted by Gasteiger charge is 2.59. The first-order valence-electron chi connectivity index (χ1n) is 7.18. The van der Waals surface area contributed by atoms with Crippen molar-refractivity contribution in [3.8, 4) is 0 Å². The highest BCUT2D eigenvalue weighted by molar-refractivity contribution is 6.30. The van der Waals surface area contributed by atoms with E-state index in [-0.39, 0.29) is 42.2 Å². The maximum atomic E-state index is 12.5. The molecule has 0 radical (unpaired) electrons. The van der Waals surface area contributed by atoms with E-state index in [9.17, 15) is 9.59 Å². The van der Waals surface area contributed by atoms with Gasteiger partial charge in [-0.25, -0.2) is 0 Å². The van der Waals surface area contributed by atoms with Crippen molar-refractivity contribution < 1.29 is 9.59 Å². The molecule has 21 heavy (non-hydrogen) atoms. The fraction of sp³-hybridized carbons (Fsp3) is 0.375. The lowest BCUT2D eigenvalue weighted by atomic mass is 9.85. The molecule has 4 atom stereocenters. The van der Waals surface area contributed by atoms with Crippen molar-refractivity contribution in [3.05, 3.63) is 41.4 Å². The minimum Gasteiger partial charge on any atom is -0.367 e. The molecular formula is C16H15ClN2O2. The summed E-state index contributed by atoms with van der Waals surface area (Å²) in [6.07, 6.45) is 5.17. The van der Waals surface area contributed by atoms with Crippen molar-refractivity contribution in [1.29, 1.82) is 0 Å². The molecule has 2 aliphatic carbocycles. The van der Waals surface area contributed by atoms with Gasteiger partial charge in [-0.2, -0.15) is 0 Å². The molecule has 2 amide bonds. The lowest BCUT2D eigenvalue weighted by Gasteiger charge is -2.18. The minimum atomic E-state index is -0.125. The van der Waals surface area contributed by atoms with Crippen LogP contribution in [0.3, 0.4) is 0 Å². The van der Waals surface area contributed by atoms with Gasteiger partial charge in [-0.3, -0.25) is 14.5 Å². The van der Waals surface area contributed by atoms with Crippen LogP contribution in [0.4, 0.5) is 5.69 Å². The summed E-state index contributed by atoms with van der Waals surface area (Å²) in [6.45, 7) is 0.228. The molecule has 4 nitrogen and oxygen atoms in total. The largest absolute Gasteiger partial charge is 0.367 e. The van der Waals surface area contributed by atoms with E-state index in [1.54, 1.807) is 12.1 Å². The zero-order valence-corrected chi connectivity index (χ0v) is 12.1. The molecule has 2 bridgehead atoms. The van der Waals surface area contributed by atoms with Crippen molar-refractivity contribution in [2.24, 2.45) is 23.7 Å². The van der Waals surface area contributed by atoms with E-state index in [0.29, 0.717) is 5.02 Å². The number of hydrogen-bond donors (Lipinski definition) is 1. The summed E-state index contributed by atoms with van der Waals surface area (Å²) in [4.78, 5) is 26.3. The normalized spacial score (nSPS) is 32.9. The number of rotatable bonds is 3. The number of benzene rings is 1. The molecule has 1 heterocycles. The van der Waals surface area contributed by atoms with Crippen molar-refractivity contribution >= 4 is 29.1 Å². The molecule has 1 saturated heterocycles. The summed E-state index contributed by atoms with van der Waals surface area (Å²) in [7, 11) is 0. The van der Waals surface area contributed by atoms with Gasteiger partial charge in [-0.05, 0) is 42.5 Å². The van der Waals surface area contributed by atoms with Crippen molar-refractivity contribution in [2.75, 3.05) is 12.0 Å². The van der Waals surface area contributed by atoms with E-state index in [1.165, 1.54) is 4.90 Å². The Balaban J connectivity index is 1.48. The first kappa shape index (κ1) is 12.9. The molecular weight excluding hydrogens is 288 g/mol. The van der Waals surface area contributed by atoms with Crippen LogP contribution in [0.25, 0.3) is 0 Å². The first-order valence-corrected chi connectivity index (χ1v) is 7.56. The Morgan fingerprint density at radius 3 is 2.19 bits per heavy atom. The van der Waals surface area contributed by atoms with Crippen LogP contribution in [-0.4, -0.2) is 23.4 Å². The van der Waals surface area contributed by atoms with Gasteiger partial charge in [-0.1, -0.05) is 23.8 Å². The number of carbonyl (C=O) groups is 2. The Hall–Kier alpha value is -1.81. The van der Waals surface area contributed by atoms with Gasteiger partial charge in [0.05, 0.1) is 18.5 Å². The summed E-state index contributed by atoms with van der Waals surface area (Å²) in [5, 5.41) is 3.78. The number of fused-ring (bicyclic) bond motifs is 5. The zero-order chi connectivity index (χ0) is 14.6. The number of imide groups is 1. The average Bonchev–Trinajstić information content (AvgIpc) is 3.14. The van der Waals surface area contributed by atoms with Gasteiger partial charge in [0.15, 0.2) is 0 Å². The second kappa shape index (κ2) is 4.60. The lowest BCUT2D eigenvalue weighted by molar-refractivity contribution is -0.140. The van der Waals surface area contributed by atoms with Crippen LogP contribution in [0, 0.1) is 23.7 Å². The topological polar surface area (TPSA) is 49.4 Å². The summed E-state index contributed by atoms with van der Waals surface area (Å²) >= 11 is 5.84. The Bertz CT molecular complexity index is 610. The second-order valence-electron chi connectivity index (χ2n) is 5.95. The third-order valence-corrected chi connectivity index (χ3v) is 5.10. The number of nitrogens with zero attached hydrogens (tertiary/aromatic N) is 1. The molecule has 4 rings (SSSR count). The zero-order valence-electron chi connectivity index (χ0n) is 11.3. The second-order valence-corrected chi connectivity index (χ2v) is 6.38. The molecule has 4 unspecified atom stereocenters. The molecule has 0 aromatic heterocycles. The summed E-state index contributed by atoms with van der Waals surface area (Å²) < 4.78 is 0. The van der Waals surface area contributed by atoms with Crippen LogP contribution in [0.1, 0.15) is 6.42 Å². The molecule has 1 N–H and O–H groups in total. The molecule has 1 aliphatic heterocycles. The van der Waals surface area contributed by atoms with Crippen molar-refractivity contribution in [3.63, 3.8) is 0 Å². The van der Waals surface area contributed by atoms with Gasteiger partial charge in [0.25, 0.3) is 0 Å². The summed E-state index contributed by atoms with van der Waals surface area (Å²) in [6, 6.07) is 7.21. The van der Waals surface area contributed by atoms with Crippen LogP contribution in [0.2, 0.25) is 5.02 Å². The maximum absolute atomic E-state index is 12.5. The van der Waals surface area contributed by atoms with Gasteiger partial charge in [0, 0.05) is 10.7 Å². The van der Waals surface area contributed by atoms with Gasteiger partial charge in [0.1, 0.15) is 0 Å². The molecule has 1 aromatic carbocycles. The number of hydrogen-bond acceptors (Lipinski definition) is 3. The highest BCUT2D eigenvalue weighted by Crippen LogP contribution is 2.52. The monoisotopic (exact) mass is 302 g/mol. The fourth-order valence-corrected chi connectivity index (χ4v) is 3.98. The smallest absolute Gasteiger partial charge is 0.235 e. The number of carbonyl (C=O) groups excluding carboxylic acids is 2. The molecule has 1 aromatic rings. The predicted octanol–water partition coefficient (Wildman–Crippen LogP) is 2.52. The number of amides is 2. The summed E-state index contributed by atoms with van der Waals surface area (Å²) in [5.74, 6) is 0.222. The molecule has 0 spiro atoms. The van der Waals surface area contributed by atoms with Crippen LogP contribution in [-0.2, 0) is 9.59 Å². The van der Waals surface area contributed by atoms with E-state index < -0.39 is 0 Å². The third kappa shape index (κ3) is 1.89. The fourth-order valence-electron chi connectivity index (χ4n) is 3.86. The Morgan fingerprint density at radius 2 is 1.62 bits per heavy atom. The van der Waals surface area contributed by atoms with Gasteiger partial charge >= 0.3 is 0 Å². The number of allylic oxidation sites excluding steroid dienone is 2. The van der Waals surface area contributed by atoms with E-state index in [1.807, 2.05) is 12.1 Å². The van der Waals surface area contributed by atoms with E-state index in [4.69, 9.17) is 11.6 Å². The Kier molecular flexibility index (Phi) is 2.82. The van der Waals surface area contributed by atoms with Crippen molar-refractivity contribution in [2.45, 2.75) is 6.42 Å². The van der Waals surface area contributed by atoms with Crippen LogP contribution in [0.15, 0.2) is 36.4 Å². The molecule has 2 fully saturated rings. The highest BCUT2D eigenvalue weighted by atomic mass is 35.5. The van der Waals surface area contributed by atoms with E-state index in [0.717, 1.165) is 12.1 Å². The van der Waals surface area contributed by atoms with Gasteiger partial charge in [0.2, 0.25) is 11.8 Å². The maximum Gasteiger partial charge on any atom is 0.235 e. The molecule has 3 aliphatic rings. The first-order chi connectivity index (χ1) is 10.1. The number of anilines is 1. The average molecular weight is 303 g/mol. The lowest BCUT2D eigenvalue weighted by Crippen LogP contribution is -2.37. The Labute approximate surface area is 127 Å². The van der Waals surface area contributed by atoms with Crippen LogP contribution >= 0.6 is 11.6 Å². The molecule has 1 saturated carbocycles. The van der Waals surface area contributed by atoms with Crippen molar-refractivity contribution in [1.82, 2.24) is 4.90 Å². The predicted molar refractivity (Wildman–Crippen MR) is 79.5 cm³/mol. The van der Waals surface area contributed by atoms with Gasteiger partial charge < -0.3 is 5.32 Å². The standard InChI is InChI=1S/C16H15ClN2O2/c17-11-3-5-12(6-4-11)18-8-19-15(20)13-9-1-2-10(7-9)14(13)16(19)21/h1-6,9-10,13-14,18H,7-8H2. The quantitative estimate of drug-likeness (QED) is 0.689. The molecule has 5 heteroatoms. The number of halogens is 1. The van der Waals surface area contributed by atoms with E-state index >= 15 is 0 Å². The third-order valence-electron chi connectivity index (χ3n) is 4.85. The summed E-state index contributed by atoms with van der Waals surface area (Å²) in [5.41, 5.74) is 0.846. The minimum absolute atomic E-state index is 0.0247. The SMILES string of the molecule is O=C1C2C3C=CC(C3)C2C(=O)N1CNc1ccc(Cl)cc1. The van der Waals surface area contributed by atoms with Gasteiger partial charge in [-0.15, -0.1) is 0 Å². The Morgan fingerprint density at radius 1 is 1.05 bits per heavy atom.